The van der Waals surface area contributed by atoms with Gasteiger partial charge in [-0.1, -0.05) is 32.4 Å². The molecule has 0 radical (unpaired) electrons. The van der Waals surface area contributed by atoms with Crippen molar-refractivity contribution in [2.45, 2.75) is 46.4 Å². The van der Waals surface area contributed by atoms with Crippen LogP contribution in [0.5, 0.6) is 0 Å². The lowest BCUT2D eigenvalue weighted by atomic mass is 9.57. The van der Waals surface area contributed by atoms with Crippen molar-refractivity contribution >= 4 is 0 Å². The third-order valence-corrected chi connectivity index (χ3v) is 4.85. The Morgan fingerprint density at radius 3 is 2.80 bits per heavy atom. The molecule has 0 unspecified atom stereocenters. The molecule has 0 aliphatic heterocycles. The van der Waals surface area contributed by atoms with Crippen molar-refractivity contribution in [2.75, 3.05) is 0 Å². The summed E-state index contributed by atoms with van der Waals surface area (Å²) < 4.78 is 42.3. The smallest absolute Gasteiger partial charge is 0.0355 e. The van der Waals surface area contributed by atoms with E-state index in [9.17, 15) is 0 Å². The van der Waals surface area contributed by atoms with Gasteiger partial charge in [-0.3, -0.25) is 0 Å². The summed E-state index contributed by atoms with van der Waals surface area (Å²) in [6, 6.07) is 0. The van der Waals surface area contributed by atoms with E-state index in [1.54, 1.807) is 0 Å². The molecule has 0 nitrogen and oxygen atoms in total. The van der Waals surface area contributed by atoms with E-state index in [0.29, 0.717) is 18.4 Å². The van der Waals surface area contributed by atoms with Crippen molar-refractivity contribution in [2.24, 2.45) is 35.0 Å². The summed E-state index contributed by atoms with van der Waals surface area (Å²) in [5.74, 6) is -1.66. The standard InChI is InChI=1S/C15H24/c1-9(2)13-12-7-8-15(12,4)11-6-5-10(3)14(11)13/h10-14H,1,5-8H2,2-4H3/t10-,11+,12+,13-,14-,15-/m1/s1/i6D2,7D2,13D. The lowest BCUT2D eigenvalue weighted by Gasteiger charge is -2.47. The molecule has 15 heavy (non-hydrogen) atoms. The van der Waals surface area contributed by atoms with Crippen LogP contribution >= 0.6 is 0 Å². The van der Waals surface area contributed by atoms with Crippen LogP contribution in [-0.4, -0.2) is 0 Å². The van der Waals surface area contributed by atoms with E-state index in [2.05, 4.69) is 6.58 Å². The topological polar surface area (TPSA) is 0 Å². The summed E-state index contributed by atoms with van der Waals surface area (Å²) in [7, 11) is 0. The van der Waals surface area contributed by atoms with Crippen molar-refractivity contribution in [3.05, 3.63) is 12.2 Å². The van der Waals surface area contributed by atoms with Gasteiger partial charge in [0.15, 0.2) is 0 Å². The second-order valence-electron chi connectivity index (χ2n) is 5.94. The molecule has 3 aliphatic carbocycles. The van der Waals surface area contributed by atoms with Gasteiger partial charge in [0.25, 0.3) is 0 Å². The molecule has 0 bridgehead atoms. The Kier molecular flexibility index (Phi) is 1.14. The molecular weight excluding hydrogens is 180 g/mol. The zero-order chi connectivity index (χ0) is 15.3. The second kappa shape index (κ2) is 2.90. The van der Waals surface area contributed by atoms with Crippen molar-refractivity contribution in [3.8, 4) is 0 Å². The average molecular weight is 209 g/mol. The molecule has 3 rings (SSSR count). The van der Waals surface area contributed by atoms with Crippen molar-refractivity contribution in [1.29, 1.82) is 0 Å². The molecule has 0 saturated heterocycles. The van der Waals surface area contributed by atoms with E-state index < -0.39 is 30.0 Å². The number of hydrogen-bond donors (Lipinski definition) is 0. The van der Waals surface area contributed by atoms with E-state index in [1.807, 2.05) is 20.8 Å². The Morgan fingerprint density at radius 1 is 1.47 bits per heavy atom. The molecule has 0 aromatic rings. The lowest BCUT2D eigenvalue weighted by molar-refractivity contribution is 0.0272. The maximum Gasteiger partial charge on any atom is 0.0355 e. The van der Waals surface area contributed by atoms with Gasteiger partial charge in [-0.25, -0.2) is 0 Å². The first-order chi connectivity index (χ1) is 8.89. The molecule has 3 saturated carbocycles. The van der Waals surface area contributed by atoms with Gasteiger partial charge in [0.05, 0.1) is 0 Å². The molecule has 0 N–H and O–H groups in total. The Hall–Kier alpha value is -0.260. The van der Waals surface area contributed by atoms with Crippen LogP contribution in [0.15, 0.2) is 12.2 Å². The first kappa shape index (κ1) is 5.89. The zero-order valence-electron chi connectivity index (χ0n) is 14.9. The molecule has 3 fully saturated rings. The fourth-order valence-corrected chi connectivity index (χ4v) is 4.03. The fourth-order valence-electron chi connectivity index (χ4n) is 4.03. The Morgan fingerprint density at radius 2 is 2.20 bits per heavy atom. The minimum atomic E-state index is -1.37. The Labute approximate surface area is 101 Å². The van der Waals surface area contributed by atoms with Gasteiger partial charge in [-0.2, -0.15) is 0 Å². The van der Waals surface area contributed by atoms with Crippen LogP contribution in [-0.2, 0) is 0 Å². The van der Waals surface area contributed by atoms with Crippen LogP contribution in [0.4, 0.5) is 0 Å². The Bertz CT molecular complexity index is 485. The van der Waals surface area contributed by atoms with E-state index >= 15 is 0 Å². The zero-order valence-corrected chi connectivity index (χ0v) is 9.93. The van der Waals surface area contributed by atoms with Crippen LogP contribution in [0.3, 0.4) is 0 Å². The number of fused-ring (bicyclic) bond motifs is 3. The van der Waals surface area contributed by atoms with Crippen LogP contribution in [0.25, 0.3) is 0 Å². The first-order valence-electron chi connectivity index (χ1n) is 8.55. The van der Waals surface area contributed by atoms with E-state index in [1.165, 1.54) is 0 Å². The van der Waals surface area contributed by atoms with Crippen molar-refractivity contribution in [3.63, 3.8) is 0 Å². The minimum absolute atomic E-state index is 0.109. The fraction of sp³-hybridized carbons (Fsp3) is 0.867. The minimum Gasteiger partial charge on any atom is -0.0998 e. The van der Waals surface area contributed by atoms with Crippen molar-refractivity contribution < 1.29 is 6.85 Å². The lowest BCUT2D eigenvalue weighted by Crippen LogP contribution is -2.39. The molecule has 0 heteroatoms. The monoisotopic (exact) mass is 209 g/mol. The van der Waals surface area contributed by atoms with Gasteiger partial charge in [0, 0.05) is 6.85 Å². The second-order valence-corrected chi connectivity index (χ2v) is 5.94. The summed E-state index contributed by atoms with van der Waals surface area (Å²) in [5.41, 5.74) is 0.303. The maximum absolute atomic E-state index is 9.03. The summed E-state index contributed by atoms with van der Waals surface area (Å²) in [5, 5.41) is 0. The van der Waals surface area contributed by atoms with Crippen LogP contribution in [0.1, 0.15) is 53.2 Å². The average Bonchev–Trinajstić information content (AvgIpc) is 2.55. The normalized spacial score (nSPS) is 73.7. The summed E-state index contributed by atoms with van der Waals surface area (Å²) in [6.07, 6.45) is -1.78. The summed E-state index contributed by atoms with van der Waals surface area (Å²) >= 11 is 0. The molecule has 0 aromatic heterocycles. The molecule has 84 valence electrons. The van der Waals surface area contributed by atoms with E-state index in [-0.39, 0.29) is 17.8 Å². The van der Waals surface area contributed by atoms with Gasteiger partial charge in [-0.05, 0) is 61.1 Å². The number of allylic oxidation sites excluding steroid dienone is 1. The molecule has 0 amide bonds. The molecule has 3 aliphatic rings. The summed E-state index contributed by atoms with van der Waals surface area (Å²) in [6.45, 7) is 9.85. The first-order valence-corrected chi connectivity index (χ1v) is 6.05. The van der Waals surface area contributed by atoms with Crippen LogP contribution < -0.4 is 0 Å². The predicted molar refractivity (Wildman–Crippen MR) is 64.5 cm³/mol. The highest BCUT2D eigenvalue weighted by molar-refractivity contribution is 5.19. The molecule has 6 atom stereocenters. The van der Waals surface area contributed by atoms with Crippen molar-refractivity contribution in [1.82, 2.24) is 0 Å². The highest BCUT2D eigenvalue weighted by Gasteiger charge is 2.64. The van der Waals surface area contributed by atoms with Gasteiger partial charge < -0.3 is 0 Å². The molecule has 0 spiro atoms. The predicted octanol–water partition coefficient (Wildman–Crippen LogP) is 4.27. The quantitative estimate of drug-likeness (QED) is 0.566. The summed E-state index contributed by atoms with van der Waals surface area (Å²) in [4.78, 5) is 0. The SMILES string of the molecule is [2H]C1([2H])C[C@@H](C)[C@@H]2[C@H]1[C@@]1(C)CC([2H])([2H])[C@H]1[C@@]2([2H])C(=C)C. The maximum atomic E-state index is 9.03. The highest BCUT2D eigenvalue weighted by atomic mass is 14.7. The largest absolute Gasteiger partial charge is 0.0998 e. The Balaban J connectivity index is 2.20. The van der Waals surface area contributed by atoms with Crippen LogP contribution in [0.2, 0.25) is 0 Å². The van der Waals surface area contributed by atoms with Gasteiger partial charge in [-0.15, -0.1) is 0 Å². The molecule has 0 heterocycles. The third-order valence-electron chi connectivity index (χ3n) is 4.85. The van der Waals surface area contributed by atoms with E-state index in [0.717, 1.165) is 0 Å². The number of hydrogen-bond acceptors (Lipinski definition) is 0. The van der Waals surface area contributed by atoms with Crippen LogP contribution in [0, 0.1) is 35.0 Å². The van der Waals surface area contributed by atoms with Gasteiger partial charge in [0.1, 0.15) is 0 Å². The highest BCUT2D eigenvalue weighted by Crippen LogP contribution is 2.71. The van der Waals surface area contributed by atoms with E-state index in [4.69, 9.17) is 6.85 Å². The third kappa shape index (κ3) is 1.04. The van der Waals surface area contributed by atoms with Gasteiger partial charge in [0.2, 0.25) is 0 Å². The molecule has 0 aromatic carbocycles. The number of rotatable bonds is 1. The molecular formula is C15H24. The van der Waals surface area contributed by atoms with Gasteiger partial charge >= 0.3 is 0 Å².